The van der Waals surface area contributed by atoms with Crippen LogP contribution in [0.25, 0.3) is 0 Å². The van der Waals surface area contributed by atoms with Crippen LogP contribution in [0.1, 0.15) is 47.6 Å². The van der Waals surface area contributed by atoms with E-state index in [0.717, 1.165) is 25.7 Å². The van der Waals surface area contributed by atoms with Gasteiger partial charge in [-0.25, -0.2) is 0 Å². The van der Waals surface area contributed by atoms with Crippen molar-refractivity contribution in [1.29, 1.82) is 0 Å². The van der Waals surface area contributed by atoms with Crippen molar-refractivity contribution in [2.24, 2.45) is 0 Å². The molecule has 1 aliphatic rings. The Hall–Kier alpha value is -2.79. The molecule has 0 aliphatic heterocycles. The summed E-state index contributed by atoms with van der Waals surface area (Å²) in [6, 6.07) is 16.3. The van der Waals surface area contributed by atoms with Crippen molar-refractivity contribution in [2.75, 3.05) is 6.54 Å². The number of benzene rings is 1. The van der Waals surface area contributed by atoms with E-state index < -0.39 is 0 Å². The summed E-state index contributed by atoms with van der Waals surface area (Å²) >= 11 is 6.04. The van der Waals surface area contributed by atoms with E-state index in [-0.39, 0.29) is 22.6 Å². The van der Waals surface area contributed by atoms with Crippen LogP contribution in [0, 0.1) is 0 Å². The van der Waals surface area contributed by atoms with Crippen LogP contribution in [0.5, 0.6) is 0 Å². The van der Waals surface area contributed by atoms with Gasteiger partial charge < -0.3 is 14.3 Å². The summed E-state index contributed by atoms with van der Waals surface area (Å²) in [5.41, 5.74) is 1.04. The number of nitrogens with zero attached hydrogens (tertiary/aromatic N) is 1. The minimum atomic E-state index is -0.239. The molecule has 2 heterocycles. The number of pyridine rings is 1. The van der Waals surface area contributed by atoms with Crippen molar-refractivity contribution in [3.05, 3.63) is 93.3 Å². The van der Waals surface area contributed by atoms with E-state index in [1.165, 1.54) is 16.2 Å². The molecule has 1 aromatic carbocycles. The molecule has 1 N–H and O–H groups in total. The largest absolute Gasteiger partial charge is 0.454 e. The zero-order valence-corrected chi connectivity index (χ0v) is 16.8. The Morgan fingerprint density at radius 1 is 1.07 bits per heavy atom. The summed E-state index contributed by atoms with van der Waals surface area (Å²) in [6.45, 7) is 0.851. The van der Waals surface area contributed by atoms with Crippen LogP contribution in [0.4, 0.5) is 0 Å². The molecule has 5 nitrogen and oxygen atoms in total. The second kappa shape index (κ2) is 8.29. The standard InChI is InChI=1S/C23H23ClN2O3/c24-18-8-6-17(7-9-18)23(12-2-3-13-23)16-25-22(28)20-11-10-19(29-20)15-26-14-4-1-5-21(26)27/h1,4-11,14H,2-3,12-13,15-16H2,(H,25,28). The maximum atomic E-state index is 12.7. The fraction of sp³-hybridized carbons (Fsp3) is 0.304. The number of amides is 1. The van der Waals surface area contributed by atoms with E-state index in [1.807, 2.05) is 12.1 Å². The first-order valence-corrected chi connectivity index (χ1v) is 10.2. The molecule has 4 rings (SSSR count). The average Bonchev–Trinajstić information content (AvgIpc) is 3.39. The molecule has 1 aliphatic carbocycles. The van der Waals surface area contributed by atoms with Crippen molar-refractivity contribution in [1.82, 2.24) is 9.88 Å². The number of halogens is 1. The molecular formula is C23H23ClN2O3. The molecule has 150 valence electrons. The van der Waals surface area contributed by atoms with Gasteiger partial charge in [0.05, 0.1) is 6.54 Å². The SMILES string of the molecule is O=C(NCC1(c2ccc(Cl)cc2)CCCC1)c1ccc(Cn2ccccc2=O)o1. The van der Waals surface area contributed by atoms with Gasteiger partial charge in [0, 0.05) is 29.2 Å². The molecule has 0 spiro atoms. The van der Waals surface area contributed by atoms with Crippen molar-refractivity contribution >= 4 is 17.5 Å². The molecule has 0 atom stereocenters. The predicted octanol–water partition coefficient (Wildman–Crippen LogP) is 4.38. The van der Waals surface area contributed by atoms with Gasteiger partial charge in [0.1, 0.15) is 5.76 Å². The zero-order valence-electron chi connectivity index (χ0n) is 16.1. The number of carbonyl (C=O) groups excluding carboxylic acids is 1. The van der Waals surface area contributed by atoms with Crippen LogP contribution in [-0.2, 0) is 12.0 Å². The van der Waals surface area contributed by atoms with Crippen LogP contribution in [-0.4, -0.2) is 17.0 Å². The van der Waals surface area contributed by atoms with Gasteiger partial charge in [0.2, 0.25) is 0 Å². The Morgan fingerprint density at radius 2 is 1.83 bits per heavy atom. The quantitative estimate of drug-likeness (QED) is 0.655. The second-order valence-corrected chi connectivity index (χ2v) is 8.05. The van der Waals surface area contributed by atoms with Crippen molar-refractivity contribution < 1.29 is 9.21 Å². The summed E-state index contributed by atoms with van der Waals surface area (Å²) in [6.07, 6.45) is 6.06. The fourth-order valence-corrected chi connectivity index (χ4v) is 4.23. The third-order valence-electron chi connectivity index (χ3n) is 5.72. The van der Waals surface area contributed by atoms with E-state index in [0.29, 0.717) is 23.9 Å². The maximum Gasteiger partial charge on any atom is 0.287 e. The summed E-state index contributed by atoms with van der Waals surface area (Å²) in [5.74, 6) is 0.585. The molecule has 29 heavy (non-hydrogen) atoms. The van der Waals surface area contributed by atoms with E-state index in [1.54, 1.807) is 30.5 Å². The van der Waals surface area contributed by atoms with E-state index in [4.69, 9.17) is 16.0 Å². The average molecular weight is 411 g/mol. The Morgan fingerprint density at radius 3 is 2.55 bits per heavy atom. The summed E-state index contributed by atoms with van der Waals surface area (Å²) in [5, 5.41) is 3.76. The highest BCUT2D eigenvalue weighted by Gasteiger charge is 2.36. The molecule has 0 radical (unpaired) electrons. The molecule has 1 saturated carbocycles. The molecule has 3 aromatic rings. The Balaban J connectivity index is 1.44. The monoisotopic (exact) mass is 410 g/mol. The second-order valence-electron chi connectivity index (χ2n) is 7.61. The van der Waals surface area contributed by atoms with Gasteiger partial charge in [-0.05, 0) is 48.7 Å². The minimum Gasteiger partial charge on any atom is -0.454 e. The highest BCUT2D eigenvalue weighted by atomic mass is 35.5. The minimum absolute atomic E-state index is 0.0625. The van der Waals surface area contributed by atoms with Crippen molar-refractivity contribution in [2.45, 2.75) is 37.6 Å². The number of aromatic nitrogens is 1. The third-order valence-corrected chi connectivity index (χ3v) is 5.97. The highest BCUT2D eigenvalue weighted by molar-refractivity contribution is 6.30. The number of hydrogen-bond acceptors (Lipinski definition) is 3. The smallest absolute Gasteiger partial charge is 0.287 e. The summed E-state index contributed by atoms with van der Waals surface area (Å²) in [4.78, 5) is 24.5. The first-order valence-electron chi connectivity index (χ1n) is 9.84. The highest BCUT2D eigenvalue weighted by Crippen LogP contribution is 2.41. The first-order chi connectivity index (χ1) is 14.1. The lowest BCUT2D eigenvalue weighted by molar-refractivity contribution is 0.0913. The van der Waals surface area contributed by atoms with E-state index >= 15 is 0 Å². The van der Waals surface area contributed by atoms with Crippen molar-refractivity contribution in [3.63, 3.8) is 0 Å². The lowest BCUT2D eigenvalue weighted by atomic mass is 9.79. The predicted molar refractivity (Wildman–Crippen MR) is 112 cm³/mol. The lowest BCUT2D eigenvalue weighted by Crippen LogP contribution is -2.38. The zero-order chi connectivity index (χ0) is 20.3. The van der Waals surface area contributed by atoms with Crippen molar-refractivity contribution in [3.8, 4) is 0 Å². The molecule has 0 unspecified atom stereocenters. The van der Waals surface area contributed by atoms with Gasteiger partial charge >= 0.3 is 0 Å². The van der Waals surface area contributed by atoms with Crippen LogP contribution >= 0.6 is 11.6 Å². The maximum absolute atomic E-state index is 12.7. The van der Waals surface area contributed by atoms with Gasteiger partial charge in [-0.3, -0.25) is 9.59 Å². The number of carbonyl (C=O) groups is 1. The van der Waals surface area contributed by atoms with Gasteiger partial charge in [0.15, 0.2) is 5.76 Å². The summed E-state index contributed by atoms with van der Waals surface area (Å²) in [7, 11) is 0. The van der Waals surface area contributed by atoms with Gasteiger partial charge in [-0.15, -0.1) is 0 Å². The molecule has 0 saturated heterocycles. The van der Waals surface area contributed by atoms with Crippen LogP contribution in [0.2, 0.25) is 5.02 Å². The normalized spacial score (nSPS) is 15.3. The van der Waals surface area contributed by atoms with E-state index in [9.17, 15) is 9.59 Å². The van der Waals surface area contributed by atoms with Gasteiger partial charge in [-0.1, -0.05) is 42.6 Å². The molecule has 1 amide bonds. The summed E-state index contributed by atoms with van der Waals surface area (Å²) < 4.78 is 7.22. The first kappa shape index (κ1) is 19.5. The lowest BCUT2D eigenvalue weighted by Gasteiger charge is -2.30. The number of nitrogens with one attached hydrogen (secondary N) is 1. The topological polar surface area (TPSA) is 64.2 Å². The molecule has 2 aromatic heterocycles. The third kappa shape index (κ3) is 4.30. The fourth-order valence-electron chi connectivity index (χ4n) is 4.10. The van der Waals surface area contributed by atoms with Crippen LogP contribution in [0.15, 0.2) is 70.0 Å². The number of hydrogen-bond donors (Lipinski definition) is 1. The Kier molecular flexibility index (Phi) is 5.58. The Bertz CT molecular complexity index is 1050. The number of furan rings is 1. The number of rotatable bonds is 6. The van der Waals surface area contributed by atoms with Gasteiger partial charge in [0.25, 0.3) is 11.5 Å². The molecule has 6 heteroatoms. The molecule has 0 bridgehead atoms. The Labute approximate surface area is 174 Å². The van der Waals surface area contributed by atoms with Crippen LogP contribution in [0.3, 0.4) is 0 Å². The van der Waals surface area contributed by atoms with E-state index in [2.05, 4.69) is 17.4 Å². The molecule has 1 fully saturated rings. The molecular weight excluding hydrogens is 388 g/mol. The van der Waals surface area contributed by atoms with Crippen LogP contribution < -0.4 is 10.9 Å². The van der Waals surface area contributed by atoms with Gasteiger partial charge in [-0.2, -0.15) is 0 Å².